The number of pyridine rings is 1. The van der Waals surface area contributed by atoms with Gasteiger partial charge >= 0.3 is 0 Å². The molecule has 3 N–H and O–H groups in total. The number of para-hydroxylation sites is 1. The first-order valence-corrected chi connectivity index (χ1v) is 9.84. The van der Waals surface area contributed by atoms with Gasteiger partial charge in [0.25, 0.3) is 5.91 Å². The highest BCUT2D eigenvalue weighted by atomic mass is 32.1. The zero-order valence-corrected chi connectivity index (χ0v) is 15.6. The van der Waals surface area contributed by atoms with Crippen molar-refractivity contribution in [2.75, 3.05) is 5.32 Å². The molecule has 0 aliphatic carbocycles. The highest BCUT2D eigenvalue weighted by molar-refractivity contribution is 7.14. The van der Waals surface area contributed by atoms with Gasteiger partial charge in [-0.05, 0) is 23.6 Å². The number of anilines is 1. The maximum atomic E-state index is 12.9. The summed E-state index contributed by atoms with van der Waals surface area (Å²) in [6.45, 7) is 0. The zero-order chi connectivity index (χ0) is 18.8. The van der Waals surface area contributed by atoms with E-state index in [0.29, 0.717) is 16.4 Å². The molecule has 0 radical (unpaired) electrons. The molecule has 0 aliphatic heterocycles. The molecule has 4 aromatic rings. The number of fused-ring (bicyclic) bond motifs is 1. The van der Waals surface area contributed by atoms with Crippen LogP contribution in [0.5, 0.6) is 0 Å². The van der Waals surface area contributed by atoms with Crippen molar-refractivity contribution in [2.45, 2.75) is 6.42 Å². The van der Waals surface area contributed by atoms with Gasteiger partial charge in [0.05, 0.1) is 33.8 Å². The van der Waals surface area contributed by atoms with E-state index in [1.54, 1.807) is 22.8 Å². The van der Waals surface area contributed by atoms with E-state index in [4.69, 9.17) is 5.73 Å². The molecule has 3 heterocycles. The normalized spacial score (nSPS) is 10.8. The third-order valence-electron chi connectivity index (χ3n) is 3.86. The van der Waals surface area contributed by atoms with Gasteiger partial charge in [0, 0.05) is 10.8 Å². The second-order valence-electron chi connectivity index (χ2n) is 5.79. The van der Waals surface area contributed by atoms with E-state index < -0.39 is 5.91 Å². The molecule has 1 aromatic carbocycles. The molecule has 0 saturated heterocycles. The lowest BCUT2D eigenvalue weighted by atomic mass is 10.1. The minimum atomic E-state index is -0.459. The SMILES string of the molecule is NC(=O)Cc1csc(NC(=O)c2cc(-c3cccs3)nc3ccccc23)n1. The summed E-state index contributed by atoms with van der Waals surface area (Å²) >= 11 is 2.83. The van der Waals surface area contributed by atoms with Crippen LogP contribution < -0.4 is 11.1 Å². The van der Waals surface area contributed by atoms with Gasteiger partial charge in [-0.3, -0.25) is 14.9 Å². The van der Waals surface area contributed by atoms with E-state index in [1.165, 1.54) is 11.3 Å². The van der Waals surface area contributed by atoms with Crippen LogP contribution in [0.4, 0.5) is 5.13 Å². The lowest BCUT2D eigenvalue weighted by Crippen LogP contribution is -2.15. The minimum Gasteiger partial charge on any atom is -0.369 e. The summed E-state index contributed by atoms with van der Waals surface area (Å²) in [6.07, 6.45) is 0.0487. The van der Waals surface area contributed by atoms with Gasteiger partial charge in [-0.2, -0.15) is 0 Å². The lowest BCUT2D eigenvalue weighted by molar-refractivity contribution is -0.117. The summed E-state index contributed by atoms with van der Waals surface area (Å²) in [5.74, 6) is -0.731. The van der Waals surface area contributed by atoms with E-state index in [1.807, 2.05) is 41.8 Å². The Morgan fingerprint density at radius 1 is 1.07 bits per heavy atom. The summed E-state index contributed by atoms with van der Waals surface area (Å²) in [4.78, 5) is 33.8. The topological polar surface area (TPSA) is 98.0 Å². The molecule has 0 saturated carbocycles. The Bertz CT molecular complexity index is 1140. The summed E-state index contributed by atoms with van der Waals surface area (Å²) in [5.41, 5.74) is 7.75. The van der Waals surface area contributed by atoms with Gasteiger partial charge in [0.15, 0.2) is 5.13 Å². The van der Waals surface area contributed by atoms with E-state index in [0.717, 1.165) is 21.5 Å². The number of thiophene rings is 1. The third kappa shape index (κ3) is 3.71. The van der Waals surface area contributed by atoms with Gasteiger partial charge in [-0.25, -0.2) is 9.97 Å². The van der Waals surface area contributed by atoms with Crippen molar-refractivity contribution in [3.8, 4) is 10.6 Å². The Morgan fingerprint density at radius 3 is 2.70 bits per heavy atom. The molecule has 134 valence electrons. The number of aromatic nitrogens is 2. The molecule has 0 aliphatic rings. The second-order valence-corrected chi connectivity index (χ2v) is 7.60. The fraction of sp³-hybridized carbons (Fsp3) is 0.0526. The predicted molar refractivity (Wildman–Crippen MR) is 108 cm³/mol. The fourth-order valence-corrected chi connectivity index (χ4v) is 4.09. The molecule has 3 aromatic heterocycles. The number of rotatable bonds is 5. The number of primary amides is 1. The van der Waals surface area contributed by atoms with Gasteiger partial charge in [0.2, 0.25) is 5.91 Å². The Labute approximate surface area is 162 Å². The molecular formula is C19H14N4O2S2. The van der Waals surface area contributed by atoms with Crippen LogP contribution in [0, 0.1) is 0 Å². The molecule has 2 amide bonds. The number of hydrogen-bond donors (Lipinski definition) is 2. The first kappa shape index (κ1) is 17.3. The smallest absolute Gasteiger partial charge is 0.258 e. The van der Waals surface area contributed by atoms with Gasteiger partial charge in [-0.15, -0.1) is 22.7 Å². The highest BCUT2D eigenvalue weighted by Crippen LogP contribution is 2.28. The number of thiazole rings is 1. The number of carbonyl (C=O) groups excluding carboxylic acids is 2. The van der Waals surface area contributed by atoms with Crippen LogP contribution in [0.1, 0.15) is 16.1 Å². The molecule has 0 fully saturated rings. The van der Waals surface area contributed by atoms with Crippen LogP contribution in [0.2, 0.25) is 0 Å². The van der Waals surface area contributed by atoms with Crippen LogP contribution >= 0.6 is 22.7 Å². The number of hydrogen-bond acceptors (Lipinski definition) is 6. The molecule has 8 heteroatoms. The Balaban J connectivity index is 1.70. The van der Waals surface area contributed by atoms with Crippen molar-refractivity contribution >= 4 is 50.5 Å². The molecule has 4 rings (SSSR count). The minimum absolute atomic E-state index is 0.0487. The molecular weight excluding hydrogens is 380 g/mol. The van der Waals surface area contributed by atoms with E-state index >= 15 is 0 Å². The Hall–Kier alpha value is -3.10. The second kappa shape index (κ2) is 7.26. The summed E-state index contributed by atoms with van der Waals surface area (Å²) in [5, 5.41) is 7.69. The zero-order valence-electron chi connectivity index (χ0n) is 14.0. The Kier molecular flexibility index (Phi) is 4.66. The van der Waals surface area contributed by atoms with Crippen LogP contribution in [-0.2, 0) is 11.2 Å². The number of carbonyl (C=O) groups is 2. The molecule has 27 heavy (non-hydrogen) atoms. The Morgan fingerprint density at radius 2 is 1.93 bits per heavy atom. The van der Waals surface area contributed by atoms with E-state index in [-0.39, 0.29) is 12.3 Å². The number of nitrogens with two attached hydrogens (primary N) is 1. The van der Waals surface area contributed by atoms with Crippen LogP contribution in [0.3, 0.4) is 0 Å². The molecule has 0 unspecified atom stereocenters. The third-order valence-corrected chi connectivity index (χ3v) is 5.56. The van der Waals surface area contributed by atoms with Crippen LogP contribution in [-0.4, -0.2) is 21.8 Å². The summed E-state index contributed by atoms with van der Waals surface area (Å²) in [7, 11) is 0. The average Bonchev–Trinajstić information content (AvgIpc) is 3.32. The molecule has 0 bridgehead atoms. The van der Waals surface area contributed by atoms with Crippen molar-refractivity contribution in [3.63, 3.8) is 0 Å². The van der Waals surface area contributed by atoms with E-state index in [2.05, 4.69) is 15.3 Å². The molecule has 0 atom stereocenters. The average molecular weight is 394 g/mol. The first-order chi connectivity index (χ1) is 13.1. The number of benzene rings is 1. The highest BCUT2D eigenvalue weighted by Gasteiger charge is 2.16. The van der Waals surface area contributed by atoms with Crippen LogP contribution in [0.25, 0.3) is 21.5 Å². The first-order valence-electron chi connectivity index (χ1n) is 8.08. The fourth-order valence-electron chi connectivity index (χ4n) is 2.70. The predicted octanol–water partition coefficient (Wildman–Crippen LogP) is 3.70. The van der Waals surface area contributed by atoms with Gasteiger partial charge in [-0.1, -0.05) is 24.3 Å². The maximum absolute atomic E-state index is 12.9. The number of amides is 2. The standard InChI is InChI=1S/C19H14N4O2S2/c20-17(24)8-11-10-27-19(21-11)23-18(25)13-9-15(16-6-3-7-26-16)22-14-5-2-1-4-12(13)14/h1-7,9-10H,8H2,(H2,20,24)(H,21,23,25). The van der Waals surface area contributed by atoms with Crippen molar-refractivity contribution in [1.82, 2.24) is 9.97 Å². The lowest BCUT2D eigenvalue weighted by Gasteiger charge is -2.08. The maximum Gasteiger partial charge on any atom is 0.258 e. The largest absolute Gasteiger partial charge is 0.369 e. The van der Waals surface area contributed by atoms with Gasteiger partial charge in [0.1, 0.15) is 0 Å². The van der Waals surface area contributed by atoms with Crippen molar-refractivity contribution in [3.05, 3.63) is 64.5 Å². The number of nitrogens with zero attached hydrogens (tertiary/aromatic N) is 2. The summed E-state index contributed by atoms with van der Waals surface area (Å²) in [6, 6.07) is 13.2. The van der Waals surface area contributed by atoms with Crippen molar-refractivity contribution in [2.24, 2.45) is 5.73 Å². The summed E-state index contributed by atoms with van der Waals surface area (Å²) < 4.78 is 0. The van der Waals surface area contributed by atoms with E-state index in [9.17, 15) is 9.59 Å². The molecule has 0 spiro atoms. The quantitative estimate of drug-likeness (QED) is 0.539. The monoisotopic (exact) mass is 394 g/mol. The van der Waals surface area contributed by atoms with Crippen molar-refractivity contribution in [1.29, 1.82) is 0 Å². The van der Waals surface area contributed by atoms with Crippen molar-refractivity contribution < 1.29 is 9.59 Å². The van der Waals surface area contributed by atoms with Crippen LogP contribution in [0.15, 0.2) is 53.2 Å². The van der Waals surface area contributed by atoms with Gasteiger partial charge < -0.3 is 5.73 Å². The molecule has 6 nitrogen and oxygen atoms in total. The number of nitrogens with one attached hydrogen (secondary N) is 1.